The lowest BCUT2D eigenvalue weighted by molar-refractivity contribution is 0.350. The molecule has 0 heterocycles. The molecule has 2 heteroatoms. The van der Waals surface area contributed by atoms with Crippen LogP contribution in [0, 0.1) is 18.8 Å². The molecule has 0 aliphatic carbocycles. The van der Waals surface area contributed by atoms with E-state index in [4.69, 9.17) is 16.7 Å². The fraction of sp³-hybridized carbons (Fsp3) is 0.200. The van der Waals surface area contributed by atoms with E-state index >= 15 is 0 Å². The van der Waals surface area contributed by atoms with Crippen molar-refractivity contribution in [3.05, 3.63) is 34.3 Å². The van der Waals surface area contributed by atoms with Gasteiger partial charge in [-0.3, -0.25) is 0 Å². The molecule has 1 aromatic rings. The first-order chi connectivity index (χ1) is 5.74. The number of rotatable bonds is 0. The molecule has 0 atom stereocenters. The molecule has 1 aromatic carbocycles. The molecule has 0 bridgehead atoms. The summed E-state index contributed by atoms with van der Waals surface area (Å²) in [6.45, 7) is 1.83. The molecule has 0 aliphatic heterocycles. The van der Waals surface area contributed by atoms with Crippen LogP contribution in [0.3, 0.4) is 0 Å². The number of aliphatic hydroxyl groups is 1. The van der Waals surface area contributed by atoms with E-state index in [2.05, 4.69) is 11.8 Å². The van der Waals surface area contributed by atoms with E-state index in [0.717, 1.165) is 11.1 Å². The molecular formula is C10H9ClO. The fourth-order valence-electron chi connectivity index (χ4n) is 0.902. The Bertz CT molecular complexity index is 333. The van der Waals surface area contributed by atoms with Gasteiger partial charge in [0, 0.05) is 10.6 Å². The van der Waals surface area contributed by atoms with Crippen molar-refractivity contribution in [1.82, 2.24) is 0 Å². The van der Waals surface area contributed by atoms with Gasteiger partial charge in [0.2, 0.25) is 0 Å². The van der Waals surface area contributed by atoms with Gasteiger partial charge in [0.25, 0.3) is 0 Å². The van der Waals surface area contributed by atoms with Gasteiger partial charge >= 0.3 is 0 Å². The summed E-state index contributed by atoms with van der Waals surface area (Å²) in [5, 5.41) is 9.18. The molecule has 0 aromatic heterocycles. The summed E-state index contributed by atoms with van der Waals surface area (Å²) < 4.78 is 0. The standard InChI is InChI=1S/C10H9ClO/c1-8-7-10(11)5-4-9(8)3-2-6-12/h4-5,7,12H,6H2,1H3. The second-order valence-corrected chi connectivity index (χ2v) is 2.86. The molecule has 1 N–H and O–H groups in total. The third-order valence-electron chi connectivity index (χ3n) is 1.49. The van der Waals surface area contributed by atoms with Crippen LogP contribution in [0.1, 0.15) is 11.1 Å². The highest BCUT2D eigenvalue weighted by atomic mass is 35.5. The molecule has 62 valence electrons. The highest BCUT2D eigenvalue weighted by molar-refractivity contribution is 6.30. The SMILES string of the molecule is Cc1cc(Cl)ccc1C#CCO. The van der Waals surface area contributed by atoms with E-state index in [1.807, 2.05) is 19.1 Å². The molecule has 0 saturated heterocycles. The molecule has 0 amide bonds. The monoisotopic (exact) mass is 180 g/mol. The molecule has 0 spiro atoms. The zero-order chi connectivity index (χ0) is 8.97. The number of hydrogen-bond donors (Lipinski definition) is 1. The summed E-state index contributed by atoms with van der Waals surface area (Å²) in [5.74, 6) is 5.42. The highest BCUT2D eigenvalue weighted by Gasteiger charge is 1.94. The third-order valence-corrected chi connectivity index (χ3v) is 1.73. The maximum Gasteiger partial charge on any atom is 0.104 e. The minimum absolute atomic E-state index is 0.109. The summed E-state index contributed by atoms with van der Waals surface area (Å²) in [6, 6.07) is 5.49. The van der Waals surface area contributed by atoms with E-state index in [1.165, 1.54) is 0 Å². The van der Waals surface area contributed by atoms with E-state index < -0.39 is 0 Å². The predicted octanol–water partition coefficient (Wildman–Crippen LogP) is 1.99. The number of halogens is 1. The van der Waals surface area contributed by atoms with Gasteiger partial charge in [-0.15, -0.1) is 0 Å². The quantitative estimate of drug-likeness (QED) is 0.606. The summed E-state index contributed by atoms with van der Waals surface area (Å²) in [5.41, 5.74) is 1.94. The van der Waals surface area contributed by atoms with Crippen LogP contribution < -0.4 is 0 Å². The van der Waals surface area contributed by atoms with E-state index in [-0.39, 0.29) is 6.61 Å². The number of aryl methyl sites for hydroxylation is 1. The van der Waals surface area contributed by atoms with Crippen LogP contribution in [0.5, 0.6) is 0 Å². The molecular weight excluding hydrogens is 172 g/mol. The van der Waals surface area contributed by atoms with E-state index in [1.54, 1.807) is 6.07 Å². The summed E-state index contributed by atoms with van der Waals surface area (Å²) in [4.78, 5) is 0. The van der Waals surface area contributed by atoms with Crippen LogP contribution in [0.25, 0.3) is 0 Å². The summed E-state index contributed by atoms with van der Waals surface area (Å²) >= 11 is 5.75. The van der Waals surface area contributed by atoms with Crippen molar-refractivity contribution in [3.63, 3.8) is 0 Å². The topological polar surface area (TPSA) is 20.2 Å². The molecule has 0 aliphatic rings. The van der Waals surface area contributed by atoms with Crippen molar-refractivity contribution < 1.29 is 5.11 Å². The maximum absolute atomic E-state index is 8.47. The van der Waals surface area contributed by atoms with Gasteiger partial charge in [0.15, 0.2) is 0 Å². The smallest absolute Gasteiger partial charge is 0.104 e. The molecule has 1 nitrogen and oxygen atoms in total. The van der Waals surface area contributed by atoms with Gasteiger partial charge in [-0.2, -0.15) is 0 Å². The van der Waals surface area contributed by atoms with Gasteiger partial charge in [-0.05, 0) is 30.7 Å². The third kappa shape index (κ3) is 2.27. The zero-order valence-electron chi connectivity index (χ0n) is 6.76. The van der Waals surface area contributed by atoms with Gasteiger partial charge in [-0.1, -0.05) is 23.4 Å². The molecule has 0 radical (unpaired) electrons. The molecule has 0 unspecified atom stereocenters. The second-order valence-electron chi connectivity index (χ2n) is 2.42. The van der Waals surface area contributed by atoms with Gasteiger partial charge in [0.05, 0.1) is 0 Å². The second kappa shape index (κ2) is 4.15. The van der Waals surface area contributed by atoms with Crippen molar-refractivity contribution in [1.29, 1.82) is 0 Å². The van der Waals surface area contributed by atoms with Crippen LogP contribution in [0.2, 0.25) is 5.02 Å². The van der Waals surface area contributed by atoms with E-state index in [0.29, 0.717) is 5.02 Å². The van der Waals surface area contributed by atoms with Crippen LogP contribution in [0.4, 0.5) is 0 Å². The first kappa shape index (κ1) is 9.12. The van der Waals surface area contributed by atoms with Crippen LogP contribution in [0.15, 0.2) is 18.2 Å². The summed E-state index contributed by atoms with van der Waals surface area (Å²) in [7, 11) is 0. The molecule has 12 heavy (non-hydrogen) atoms. The number of benzene rings is 1. The van der Waals surface area contributed by atoms with Gasteiger partial charge in [-0.25, -0.2) is 0 Å². The average Bonchev–Trinajstić information content (AvgIpc) is 2.03. The van der Waals surface area contributed by atoms with Crippen LogP contribution in [-0.4, -0.2) is 11.7 Å². The predicted molar refractivity (Wildman–Crippen MR) is 50.2 cm³/mol. The van der Waals surface area contributed by atoms with Crippen molar-refractivity contribution in [2.24, 2.45) is 0 Å². The summed E-state index contributed by atoms with van der Waals surface area (Å²) in [6.07, 6.45) is 0. The van der Waals surface area contributed by atoms with Crippen molar-refractivity contribution in [2.45, 2.75) is 6.92 Å². The van der Waals surface area contributed by atoms with Gasteiger partial charge in [0.1, 0.15) is 6.61 Å². The molecule has 1 rings (SSSR count). The zero-order valence-corrected chi connectivity index (χ0v) is 7.52. The van der Waals surface area contributed by atoms with Crippen LogP contribution in [-0.2, 0) is 0 Å². The Morgan fingerprint density at radius 2 is 2.25 bits per heavy atom. The first-order valence-electron chi connectivity index (χ1n) is 3.60. The van der Waals surface area contributed by atoms with Gasteiger partial charge < -0.3 is 5.11 Å². The Morgan fingerprint density at radius 3 is 2.83 bits per heavy atom. The Morgan fingerprint density at radius 1 is 1.50 bits per heavy atom. The number of aliphatic hydroxyl groups excluding tert-OH is 1. The van der Waals surface area contributed by atoms with Crippen LogP contribution >= 0.6 is 11.6 Å². The lowest BCUT2D eigenvalue weighted by atomic mass is 10.1. The Kier molecular flexibility index (Phi) is 3.16. The van der Waals surface area contributed by atoms with E-state index in [9.17, 15) is 0 Å². The normalized spacial score (nSPS) is 8.92. The minimum atomic E-state index is -0.109. The van der Waals surface area contributed by atoms with Crippen molar-refractivity contribution in [3.8, 4) is 11.8 Å². The Balaban J connectivity index is 3.01. The Labute approximate surface area is 77.0 Å². The minimum Gasteiger partial charge on any atom is -0.384 e. The first-order valence-corrected chi connectivity index (χ1v) is 3.97. The highest BCUT2D eigenvalue weighted by Crippen LogP contribution is 2.13. The molecule has 0 fully saturated rings. The number of hydrogen-bond acceptors (Lipinski definition) is 1. The molecule has 0 saturated carbocycles. The lowest BCUT2D eigenvalue weighted by Crippen LogP contribution is -1.82. The van der Waals surface area contributed by atoms with Crippen molar-refractivity contribution >= 4 is 11.6 Å². The maximum atomic E-state index is 8.47. The lowest BCUT2D eigenvalue weighted by Gasteiger charge is -1.97. The van der Waals surface area contributed by atoms with Crippen molar-refractivity contribution in [2.75, 3.05) is 6.61 Å². The average molecular weight is 181 g/mol. The largest absolute Gasteiger partial charge is 0.384 e. The Hall–Kier alpha value is -0.970. The fourth-order valence-corrected chi connectivity index (χ4v) is 1.13.